The predicted molar refractivity (Wildman–Crippen MR) is 108 cm³/mol. The molecule has 0 saturated carbocycles. The van der Waals surface area contributed by atoms with E-state index in [-0.39, 0.29) is 5.54 Å². The van der Waals surface area contributed by atoms with Gasteiger partial charge >= 0.3 is 0 Å². The van der Waals surface area contributed by atoms with Gasteiger partial charge < -0.3 is 15.5 Å². The summed E-state index contributed by atoms with van der Waals surface area (Å²) in [7, 11) is 0. The Labute approximate surface area is 173 Å². The van der Waals surface area contributed by atoms with E-state index in [2.05, 4.69) is 15.6 Å². The molecular weight excluding hydrogens is 392 g/mol. The number of carbonyl (C=O) groups excluding carboxylic acids is 2. The molecule has 0 unspecified atom stereocenters. The number of hydrogen-bond donors (Lipinski definition) is 2. The quantitative estimate of drug-likeness (QED) is 0.800. The number of anilines is 1. The topological polar surface area (TPSA) is 98.1 Å². The number of rotatable bonds is 4. The average molecular weight is 415 g/mol. The van der Waals surface area contributed by atoms with E-state index in [1.165, 1.54) is 12.3 Å². The minimum Gasteiger partial charge on any atom is -0.379 e. The molecule has 0 aliphatic carbocycles. The van der Waals surface area contributed by atoms with Gasteiger partial charge in [-0.05, 0) is 32.9 Å². The lowest BCUT2D eigenvalue weighted by Gasteiger charge is -2.23. The molecule has 2 N–H and O–H groups in total. The number of hydrogen-bond acceptors (Lipinski definition) is 5. The minimum absolute atomic E-state index is 0.213. The van der Waals surface area contributed by atoms with Gasteiger partial charge in [0.25, 0.3) is 11.8 Å². The number of halogens is 2. The number of nitrogens with zero attached hydrogens (tertiary/aromatic N) is 3. The van der Waals surface area contributed by atoms with Crippen molar-refractivity contribution in [3.63, 3.8) is 0 Å². The van der Waals surface area contributed by atoms with Gasteiger partial charge in [-0.15, -0.1) is 0 Å². The van der Waals surface area contributed by atoms with E-state index >= 15 is 0 Å². The van der Waals surface area contributed by atoms with Crippen molar-refractivity contribution < 1.29 is 18.4 Å². The molecule has 1 atom stereocenters. The molecule has 0 spiro atoms. The van der Waals surface area contributed by atoms with Crippen molar-refractivity contribution in [3.8, 4) is 6.07 Å². The lowest BCUT2D eigenvalue weighted by Crippen LogP contribution is -2.43. The number of alkyl halides is 2. The molecule has 0 radical (unpaired) electrons. The Morgan fingerprint density at radius 2 is 2.07 bits per heavy atom. The fourth-order valence-electron chi connectivity index (χ4n) is 3.43. The van der Waals surface area contributed by atoms with Crippen molar-refractivity contribution in [2.45, 2.75) is 44.7 Å². The zero-order valence-corrected chi connectivity index (χ0v) is 17.0. The predicted octanol–water partition coefficient (Wildman–Crippen LogP) is 2.93. The molecule has 1 saturated heterocycles. The van der Waals surface area contributed by atoms with E-state index in [0.717, 1.165) is 10.6 Å². The second-order valence-corrected chi connectivity index (χ2v) is 8.34. The van der Waals surface area contributed by atoms with Crippen LogP contribution < -0.4 is 10.6 Å². The van der Waals surface area contributed by atoms with Crippen molar-refractivity contribution >= 4 is 28.4 Å². The van der Waals surface area contributed by atoms with Crippen LogP contribution in [0.5, 0.6) is 0 Å². The molecule has 30 heavy (non-hydrogen) atoms. The zero-order chi connectivity index (χ0) is 22.1. The number of aromatic nitrogens is 1. The van der Waals surface area contributed by atoms with Gasteiger partial charge in [-0.2, -0.15) is 5.26 Å². The summed E-state index contributed by atoms with van der Waals surface area (Å²) in [5.41, 5.74) is 1.47. The Kier molecular flexibility index (Phi) is 5.61. The van der Waals surface area contributed by atoms with Crippen LogP contribution in [0.25, 0.3) is 10.9 Å². The standard InChI is InChI=1S/C21H23F2N5O2/c1-20(2,3)27-16-6-4-5-14-15(7-8-25-18(14)16)19(30)26-11-17(29)28-12-21(22,23)9-13(28)10-24/h4-8,13,27H,9,11-12H2,1-3H3,(H,26,30)/t13-/m0/s1. The second-order valence-electron chi connectivity index (χ2n) is 8.34. The average Bonchev–Trinajstić information content (AvgIpc) is 2.99. The number of fused-ring (bicyclic) bond motifs is 1. The van der Waals surface area contributed by atoms with Crippen LogP contribution in [-0.2, 0) is 4.79 Å². The van der Waals surface area contributed by atoms with E-state index < -0.39 is 43.3 Å². The molecular formula is C21H23F2N5O2. The van der Waals surface area contributed by atoms with Crippen molar-refractivity contribution in [2.75, 3.05) is 18.4 Å². The summed E-state index contributed by atoms with van der Waals surface area (Å²) >= 11 is 0. The first-order chi connectivity index (χ1) is 14.0. The Balaban J connectivity index is 1.77. The molecule has 1 aromatic carbocycles. The summed E-state index contributed by atoms with van der Waals surface area (Å²) in [6.07, 6.45) is 0.807. The lowest BCUT2D eigenvalue weighted by molar-refractivity contribution is -0.131. The smallest absolute Gasteiger partial charge is 0.268 e. The number of benzene rings is 1. The van der Waals surface area contributed by atoms with Gasteiger partial charge in [0, 0.05) is 23.5 Å². The van der Waals surface area contributed by atoms with E-state index in [4.69, 9.17) is 5.26 Å². The zero-order valence-electron chi connectivity index (χ0n) is 17.0. The second kappa shape index (κ2) is 7.86. The van der Waals surface area contributed by atoms with Gasteiger partial charge in [-0.1, -0.05) is 12.1 Å². The number of nitrogens with one attached hydrogen (secondary N) is 2. The highest BCUT2D eigenvalue weighted by Gasteiger charge is 2.47. The molecule has 1 aliphatic heterocycles. The van der Waals surface area contributed by atoms with Crippen LogP contribution in [0.15, 0.2) is 30.5 Å². The maximum Gasteiger partial charge on any atom is 0.268 e. The van der Waals surface area contributed by atoms with Gasteiger partial charge in [0.2, 0.25) is 5.91 Å². The van der Waals surface area contributed by atoms with Crippen LogP contribution in [0.2, 0.25) is 0 Å². The first-order valence-corrected chi connectivity index (χ1v) is 9.52. The van der Waals surface area contributed by atoms with Crippen LogP contribution >= 0.6 is 0 Å². The summed E-state index contributed by atoms with van der Waals surface area (Å²) in [4.78, 5) is 30.2. The first kappa shape index (κ1) is 21.4. The highest BCUT2D eigenvalue weighted by molar-refractivity contribution is 6.09. The van der Waals surface area contributed by atoms with Gasteiger partial charge in [0.15, 0.2) is 0 Å². The van der Waals surface area contributed by atoms with E-state index in [1.54, 1.807) is 18.2 Å². The van der Waals surface area contributed by atoms with E-state index in [1.807, 2.05) is 26.8 Å². The number of amides is 2. The van der Waals surface area contributed by atoms with Crippen molar-refractivity contribution in [3.05, 3.63) is 36.0 Å². The molecule has 0 bridgehead atoms. The molecule has 7 nitrogen and oxygen atoms in total. The third-order valence-corrected chi connectivity index (χ3v) is 4.66. The summed E-state index contributed by atoms with van der Waals surface area (Å²) < 4.78 is 27.1. The molecule has 2 aromatic rings. The maximum absolute atomic E-state index is 13.5. The van der Waals surface area contributed by atoms with Crippen LogP contribution in [-0.4, -0.2) is 52.3 Å². The highest BCUT2D eigenvalue weighted by atomic mass is 19.3. The van der Waals surface area contributed by atoms with Crippen molar-refractivity contribution in [1.82, 2.24) is 15.2 Å². The monoisotopic (exact) mass is 415 g/mol. The van der Waals surface area contributed by atoms with Gasteiger partial charge in [-0.3, -0.25) is 14.6 Å². The molecule has 1 fully saturated rings. The molecule has 3 rings (SSSR count). The third-order valence-electron chi connectivity index (χ3n) is 4.66. The number of nitriles is 1. The Hall–Kier alpha value is -3.28. The van der Waals surface area contributed by atoms with Gasteiger partial charge in [-0.25, -0.2) is 8.78 Å². The minimum atomic E-state index is -3.10. The lowest BCUT2D eigenvalue weighted by atomic mass is 10.0. The van der Waals surface area contributed by atoms with Crippen LogP contribution in [0, 0.1) is 11.3 Å². The SMILES string of the molecule is CC(C)(C)Nc1cccc2c(C(=O)NCC(=O)N3CC(F)(F)C[C@H]3C#N)ccnc12. The Bertz CT molecular complexity index is 1030. The first-order valence-electron chi connectivity index (χ1n) is 9.52. The number of likely N-dealkylation sites (tertiary alicyclic amines) is 1. The Morgan fingerprint density at radius 3 is 2.73 bits per heavy atom. The van der Waals surface area contributed by atoms with Crippen molar-refractivity contribution in [1.29, 1.82) is 5.26 Å². The van der Waals surface area contributed by atoms with Crippen LogP contribution in [0.1, 0.15) is 37.6 Å². The fourth-order valence-corrected chi connectivity index (χ4v) is 3.43. The normalized spacial score (nSPS) is 18.1. The van der Waals surface area contributed by atoms with Crippen LogP contribution in [0.3, 0.4) is 0 Å². The number of carbonyl (C=O) groups is 2. The molecule has 2 amide bonds. The van der Waals surface area contributed by atoms with E-state index in [0.29, 0.717) is 16.5 Å². The summed E-state index contributed by atoms with van der Waals surface area (Å²) in [5, 5.41) is 15.4. The van der Waals surface area contributed by atoms with E-state index in [9.17, 15) is 18.4 Å². The molecule has 2 heterocycles. The van der Waals surface area contributed by atoms with Gasteiger partial charge in [0.05, 0.1) is 35.9 Å². The summed E-state index contributed by atoms with van der Waals surface area (Å²) in [6, 6.07) is 7.46. The summed E-state index contributed by atoms with van der Waals surface area (Å²) in [6.45, 7) is 4.72. The Morgan fingerprint density at radius 1 is 1.33 bits per heavy atom. The molecule has 9 heteroatoms. The van der Waals surface area contributed by atoms with Crippen LogP contribution in [0.4, 0.5) is 14.5 Å². The summed E-state index contributed by atoms with van der Waals surface area (Å²) in [5.74, 6) is -4.35. The molecule has 158 valence electrons. The fraction of sp³-hybridized carbons (Fsp3) is 0.429. The third kappa shape index (κ3) is 4.64. The van der Waals surface area contributed by atoms with Gasteiger partial charge in [0.1, 0.15) is 6.04 Å². The largest absolute Gasteiger partial charge is 0.379 e. The van der Waals surface area contributed by atoms with Crippen molar-refractivity contribution in [2.24, 2.45) is 0 Å². The number of pyridine rings is 1. The molecule has 1 aromatic heterocycles. The highest BCUT2D eigenvalue weighted by Crippen LogP contribution is 2.31. The molecule has 1 aliphatic rings. The maximum atomic E-state index is 13.5. The number of para-hydroxylation sites is 1.